The number of rotatable bonds is 3. The first-order valence-electron chi connectivity index (χ1n) is 4.73. The Balaban J connectivity index is 2.85. The zero-order valence-electron chi connectivity index (χ0n) is 8.34. The minimum absolute atomic E-state index is 0.166. The lowest BCUT2D eigenvalue weighted by Crippen LogP contribution is -2.65. The van der Waals surface area contributed by atoms with E-state index in [1.54, 1.807) is 0 Å². The summed E-state index contributed by atoms with van der Waals surface area (Å²) in [7, 11) is 0. The Bertz CT molecular complexity index is 239. The third kappa shape index (κ3) is 2.82. The van der Waals surface area contributed by atoms with Crippen molar-refractivity contribution in [2.24, 2.45) is 0 Å². The zero-order valence-corrected chi connectivity index (χ0v) is 10.1. The molecule has 0 bridgehead atoms. The second-order valence-corrected chi connectivity index (χ2v) is 5.45. The van der Waals surface area contributed by atoms with Gasteiger partial charge in [0.25, 0.3) is 0 Å². The van der Waals surface area contributed by atoms with E-state index in [2.05, 4.69) is 25.3 Å². The summed E-state index contributed by atoms with van der Waals surface area (Å²) in [6, 6.07) is 0. The number of ether oxygens (including phenoxy) is 1. The second kappa shape index (κ2) is 5.40. The molecule has 5 atom stereocenters. The van der Waals surface area contributed by atoms with E-state index in [1.165, 1.54) is 0 Å². The molecule has 0 aromatic carbocycles. The first-order valence-corrected chi connectivity index (χ1v) is 5.76. The topological polar surface area (TPSA) is 110 Å². The van der Waals surface area contributed by atoms with Crippen molar-refractivity contribution < 1.29 is 30.3 Å². The van der Waals surface area contributed by atoms with E-state index in [1.807, 2.05) is 0 Å². The van der Waals surface area contributed by atoms with E-state index in [-0.39, 0.29) is 6.42 Å². The van der Waals surface area contributed by atoms with Gasteiger partial charge in [-0.1, -0.05) is 0 Å². The molecule has 0 aromatic heterocycles. The van der Waals surface area contributed by atoms with Gasteiger partial charge in [-0.25, -0.2) is 0 Å². The molecule has 1 aliphatic heterocycles. The van der Waals surface area contributed by atoms with E-state index in [4.69, 9.17) is 9.84 Å². The van der Waals surface area contributed by atoms with Crippen LogP contribution in [0.15, 0.2) is 0 Å². The largest absolute Gasteiger partial charge is 0.394 e. The van der Waals surface area contributed by atoms with Crippen LogP contribution in [0.5, 0.6) is 0 Å². The van der Waals surface area contributed by atoms with Crippen LogP contribution in [0, 0.1) is 0 Å². The third-order valence-electron chi connectivity index (χ3n) is 2.53. The van der Waals surface area contributed by atoms with Crippen molar-refractivity contribution in [1.82, 2.24) is 0 Å². The Morgan fingerprint density at radius 2 is 1.75 bits per heavy atom. The van der Waals surface area contributed by atoms with Gasteiger partial charge in [0.05, 0.1) is 6.61 Å². The van der Waals surface area contributed by atoms with Crippen LogP contribution in [0.3, 0.4) is 0 Å². The predicted molar refractivity (Wildman–Crippen MR) is 61.3 cm³/mol. The summed E-state index contributed by atoms with van der Waals surface area (Å²) in [6.45, 7) is -0.586. The molecule has 1 saturated heterocycles. The van der Waals surface area contributed by atoms with Crippen LogP contribution in [-0.4, -0.2) is 66.9 Å². The van der Waals surface area contributed by atoms with Crippen LogP contribution < -0.4 is 0 Å². The molecular formula is C8H16O6S2. The van der Waals surface area contributed by atoms with Crippen molar-refractivity contribution in [2.45, 2.75) is 41.2 Å². The SMILES string of the molecule is OC[C@H]1O[C@@](O)(CC(S)S)[C@@H](O)[C@@H](O)[C@@H]1O. The van der Waals surface area contributed by atoms with Gasteiger partial charge < -0.3 is 30.3 Å². The Kier molecular flexibility index (Phi) is 4.90. The highest BCUT2D eigenvalue weighted by Crippen LogP contribution is 2.33. The van der Waals surface area contributed by atoms with Crippen molar-refractivity contribution >= 4 is 25.3 Å². The van der Waals surface area contributed by atoms with Gasteiger partial charge in [0, 0.05) is 11.0 Å². The average molecular weight is 272 g/mol. The molecule has 0 spiro atoms. The van der Waals surface area contributed by atoms with Gasteiger partial charge in [0.1, 0.15) is 24.4 Å². The zero-order chi connectivity index (χ0) is 12.5. The quantitative estimate of drug-likeness (QED) is 0.230. The van der Waals surface area contributed by atoms with Crippen LogP contribution in [0.25, 0.3) is 0 Å². The summed E-state index contributed by atoms with van der Waals surface area (Å²) in [4.78, 5) is 0. The summed E-state index contributed by atoms with van der Waals surface area (Å²) in [5.41, 5.74) is 0. The highest BCUT2D eigenvalue weighted by Gasteiger charge is 2.52. The normalized spacial score (nSPS) is 45.0. The molecule has 1 heterocycles. The summed E-state index contributed by atoms with van der Waals surface area (Å²) in [5.74, 6) is -2.08. The lowest BCUT2D eigenvalue weighted by Gasteiger charge is -2.45. The highest BCUT2D eigenvalue weighted by molar-refractivity contribution is 7.99. The molecule has 0 aromatic rings. The Labute approximate surface area is 104 Å². The van der Waals surface area contributed by atoms with E-state index in [9.17, 15) is 20.4 Å². The van der Waals surface area contributed by atoms with Crippen molar-refractivity contribution in [1.29, 1.82) is 0 Å². The van der Waals surface area contributed by atoms with Gasteiger partial charge >= 0.3 is 0 Å². The Morgan fingerprint density at radius 3 is 2.19 bits per heavy atom. The Hall–Kier alpha value is 0.460. The smallest absolute Gasteiger partial charge is 0.197 e. The molecule has 1 aliphatic rings. The highest BCUT2D eigenvalue weighted by atomic mass is 32.2. The molecule has 0 amide bonds. The molecule has 16 heavy (non-hydrogen) atoms. The van der Waals surface area contributed by atoms with Crippen LogP contribution in [0.1, 0.15) is 6.42 Å². The van der Waals surface area contributed by atoms with Gasteiger partial charge in [-0.15, -0.1) is 0 Å². The molecule has 8 heteroatoms. The van der Waals surface area contributed by atoms with Gasteiger partial charge in [-0.05, 0) is 0 Å². The lowest BCUT2D eigenvalue weighted by atomic mass is 9.91. The maximum atomic E-state index is 9.95. The van der Waals surface area contributed by atoms with E-state index < -0.39 is 41.4 Å². The predicted octanol–water partition coefficient (Wildman–Crippen LogP) is -2.28. The third-order valence-corrected chi connectivity index (χ3v) is 2.89. The maximum absolute atomic E-state index is 9.95. The standard InChI is InChI=1S/C8H16O6S2/c9-2-3-5(10)6(11)7(12)8(13,14-3)1-4(15)16/h3-7,9-13,15-16H,1-2H2/t3-,5-,6+,7+,8+/m1/s1. The molecule has 1 fully saturated rings. The van der Waals surface area contributed by atoms with Crippen LogP contribution in [0.4, 0.5) is 0 Å². The van der Waals surface area contributed by atoms with Crippen molar-refractivity contribution in [3.63, 3.8) is 0 Å². The fraction of sp³-hybridized carbons (Fsp3) is 1.00. The number of hydrogen-bond acceptors (Lipinski definition) is 8. The maximum Gasteiger partial charge on any atom is 0.197 e. The summed E-state index contributed by atoms with van der Waals surface area (Å²) < 4.78 is 4.39. The van der Waals surface area contributed by atoms with Crippen molar-refractivity contribution in [3.05, 3.63) is 0 Å². The second-order valence-electron chi connectivity index (χ2n) is 3.79. The molecule has 5 N–H and O–H groups in total. The molecule has 6 nitrogen and oxygen atoms in total. The summed E-state index contributed by atoms with van der Waals surface area (Å²) in [6.07, 6.45) is -6.08. The minimum atomic E-state index is -2.08. The van der Waals surface area contributed by atoms with Gasteiger partial charge in [-0.2, -0.15) is 25.3 Å². The fourth-order valence-corrected chi connectivity index (χ4v) is 2.17. The van der Waals surface area contributed by atoms with Gasteiger partial charge in [0.15, 0.2) is 5.79 Å². The summed E-state index contributed by atoms with van der Waals surface area (Å²) >= 11 is 7.84. The van der Waals surface area contributed by atoms with Crippen LogP contribution in [-0.2, 0) is 4.74 Å². The number of thiol groups is 2. The first kappa shape index (κ1) is 14.5. The molecule has 0 radical (unpaired) electrons. The fourth-order valence-electron chi connectivity index (χ4n) is 1.65. The summed E-state index contributed by atoms with van der Waals surface area (Å²) in [5, 5.41) is 47.4. The van der Waals surface area contributed by atoms with Gasteiger partial charge in [0.2, 0.25) is 0 Å². The minimum Gasteiger partial charge on any atom is -0.394 e. The number of hydrogen-bond donors (Lipinski definition) is 7. The van der Waals surface area contributed by atoms with Crippen LogP contribution >= 0.6 is 25.3 Å². The molecule has 1 rings (SSSR count). The monoisotopic (exact) mass is 272 g/mol. The van der Waals surface area contributed by atoms with Crippen LogP contribution in [0.2, 0.25) is 0 Å². The van der Waals surface area contributed by atoms with E-state index in [0.717, 1.165) is 0 Å². The first-order chi connectivity index (χ1) is 7.31. The molecule has 96 valence electrons. The van der Waals surface area contributed by atoms with Gasteiger partial charge in [-0.3, -0.25) is 0 Å². The Morgan fingerprint density at radius 1 is 1.19 bits per heavy atom. The number of aliphatic hydroxyl groups is 5. The molecule has 0 saturated carbocycles. The van der Waals surface area contributed by atoms with Crippen molar-refractivity contribution in [3.8, 4) is 0 Å². The lowest BCUT2D eigenvalue weighted by molar-refractivity contribution is -0.349. The van der Waals surface area contributed by atoms with Crippen molar-refractivity contribution in [2.75, 3.05) is 6.61 Å². The molecular weight excluding hydrogens is 256 g/mol. The van der Waals surface area contributed by atoms with E-state index in [0.29, 0.717) is 0 Å². The molecule has 0 aliphatic carbocycles. The molecule has 0 unspecified atom stereocenters. The average Bonchev–Trinajstić information content (AvgIpc) is 2.20. The van der Waals surface area contributed by atoms with E-state index >= 15 is 0 Å². The number of aliphatic hydroxyl groups excluding tert-OH is 4.